The molecule has 1 aliphatic rings. The van der Waals surface area contributed by atoms with E-state index in [0.29, 0.717) is 18.4 Å². The number of rotatable bonds is 4. The zero-order valence-corrected chi connectivity index (χ0v) is 10.6. The van der Waals surface area contributed by atoms with E-state index in [1.807, 2.05) is 0 Å². The molecule has 3 nitrogen and oxygen atoms in total. The molecule has 19 heavy (non-hydrogen) atoms. The molecule has 0 aromatic heterocycles. The van der Waals surface area contributed by atoms with Crippen LogP contribution in [0.5, 0.6) is 0 Å². The van der Waals surface area contributed by atoms with Gasteiger partial charge in [0.1, 0.15) is 17.2 Å². The van der Waals surface area contributed by atoms with Crippen LogP contribution in [-0.2, 0) is 11.2 Å². The molecular weight excluding hydrogens is 252 g/mol. The minimum absolute atomic E-state index is 0.226. The number of hydrogen-bond acceptors (Lipinski definition) is 2. The monoisotopic (exact) mass is 269 g/mol. The second-order valence-corrected chi connectivity index (χ2v) is 4.98. The maximum Gasteiger partial charge on any atom is 0.251 e. The summed E-state index contributed by atoms with van der Waals surface area (Å²) in [6.45, 7) is 0.226. The molecule has 1 aromatic rings. The van der Waals surface area contributed by atoms with Gasteiger partial charge in [-0.1, -0.05) is 6.07 Å². The van der Waals surface area contributed by atoms with Crippen molar-refractivity contribution >= 4 is 5.91 Å². The Morgan fingerprint density at radius 3 is 2.63 bits per heavy atom. The zero-order chi connectivity index (χ0) is 13.9. The minimum atomic E-state index is -1.26. The van der Waals surface area contributed by atoms with Crippen molar-refractivity contribution in [3.8, 4) is 0 Å². The second kappa shape index (κ2) is 5.65. The van der Waals surface area contributed by atoms with Crippen LogP contribution in [0.2, 0.25) is 0 Å². The Balaban J connectivity index is 1.85. The van der Waals surface area contributed by atoms with Crippen LogP contribution in [0.1, 0.15) is 31.2 Å². The van der Waals surface area contributed by atoms with E-state index in [2.05, 4.69) is 5.32 Å². The molecule has 0 saturated heterocycles. The first-order valence-electron chi connectivity index (χ1n) is 6.46. The normalized spacial score (nSPS) is 17.4. The topological polar surface area (TPSA) is 49.3 Å². The van der Waals surface area contributed by atoms with Gasteiger partial charge in [0.2, 0.25) is 0 Å². The SMILES string of the molecule is O=C(NCCc1ccc(F)cc1F)C1(O)CCCC1. The summed E-state index contributed by atoms with van der Waals surface area (Å²) >= 11 is 0. The van der Waals surface area contributed by atoms with Crippen molar-refractivity contribution in [3.63, 3.8) is 0 Å². The molecule has 0 aliphatic heterocycles. The molecule has 0 radical (unpaired) electrons. The lowest BCUT2D eigenvalue weighted by atomic mass is 10.0. The molecule has 104 valence electrons. The van der Waals surface area contributed by atoms with Crippen LogP contribution >= 0.6 is 0 Å². The van der Waals surface area contributed by atoms with Crippen LogP contribution in [0.3, 0.4) is 0 Å². The molecule has 5 heteroatoms. The van der Waals surface area contributed by atoms with Crippen LogP contribution in [-0.4, -0.2) is 23.2 Å². The van der Waals surface area contributed by atoms with Crippen molar-refractivity contribution in [1.29, 1.82) is 0 Å². The number of amides is 1. The van der Waals surface area contributed by atoms with E-state index in [1.165, 1.54) is 12.1 Å². The van der Waals surface area contributed by atoms with Gasteiger partial charge < -0.3 is 10.4 Å². The summed E-state index contributed by atoms with van der Waals surface area (Å²) in [5, 5.41) is 12.6. The van der Waals surface area contributed by atoms with E-state index in [0.717, 1.165) is 18.9 Å². The van der Waals surface area contributed by atoms with Gasteiger partial charge in [0.15, 0.2) is 0 Å². The number of benzene rings is 1. The number of carbonyl (C=O) groups excluding carboxylic acids is 1. The predicted molar refractivity (Wildman–Crippen MR) is 66.5 cm³/mol. The summed E-state index contributed by atoms with van der Waals surface area (Å²) in [4.78, 5) is 11.8. The first-order valence-corrected chi connectivity index (χ1v) is 6.46. The lowest BCUT2D eigenvalue weighted by molar-refractivity contribution is -0.139. The number of halogens is 2. The molecule has 1 fully saturated rings. The summed E-state index contributed by atoms with van der Waals surface area (Å²) in [5.41, 5.74) is -0.915. The van der Waals surface area contributed by atoms with E-state index in [1.54, 1.807) is 0 Å². The lowest BCUT2D eigenvalue weighted by Crippen LogP contribution is -2.45. The van der Waals surface area contributed by atoms with E-state index in [4.69, 9.17) is 0 Å². The molecule has 1 amide bonds. The average molecular weight is 269 g/mol. The number of carbonyl (C=O) groups is 1. The van der Waals surface area contributed by atoms with Gasteiger partial charge in [0.25, 0.3) is 5.91 Å². The fourth-order valence-corrected chi connectivity index (χ4v) is 2.39. The van der Waals surface area contributed by atoms with Gasteiger partial charge in [0, 0.05) is 12.6 Å². The third-order valence-electron chi connectivity index (χ3n) is 3.55. The van der Waals surface area contributed by atoms with Gasteiger partial charge in [-0.2, -0.15) is 0 Å². The number of aliphatic hydroxyl groups is 1. The highest BCUT2D eigenvalue weighted by Crippen LogP contribution is 2.29. The summed E-state index contributed by atoms with van der Waals surface area (Å²) in [7, 11) is 0. The average Bonchev–Trinajstić information content (AvgIpc) is 2.80. The zero-order valence-electron chi connectivity index (χ0n) is 10.6. The standard InChI is InChI=1S/C14H17F2NO2/c15-11-4-3-10(12(16)9-11)5-8-17-13(18)14(19)6-1-2-7-14/h3-4,9,19H,1-2,5-8H2,(H,17,18). The maximum absolute atomic E-state index is 13.3. The highest BCUT2D eigenvalue weighted by atomic mass is 19.1. The number of nitrogens with one attached hydrogen (secondary N) is 1. The van der Waals surface area contributed by atoms with Crippen molar-refractivity contribution in [2.45, 2.75) is 37.7 Å². The van der Waals surface area contributed by atoms with Crippen molar-refractivity contribution < 1.29 is 18.7 Å². The fourth-order valence-electron chi connectivity index (χ4n) is 2.39. The van der Waals surface area contributed by atoms with Gasteiger partial charge in [0.05, 0.1) is 0 Å². The van der Waals surface area contributed by atoms with Crippen LogP contribution in [0.15, 0.2) is 18.2 Å². The quantitative estimate of drug-likeness (QED) is 0.877. The smallest absolute Gasteiger partial charge is 0.251 e. The Bertz CT molecular complexity index is 471. The first-order chi connectivity index (χ1) is 9.01. The third-order valence-corrected chi connectivity index (χ3v) is 3.55. The molecule has 1 aromatic carbocycles. The second-order valence-electron chi connectivity index (χ2n) is 4.98. The van der Waals surface area contributed by atoms with Crippen LogP contribution in [0.4, 0.5) is 8.78 Å². The van der Waals surface area contributed by atoms with E-state index in [-0.39, 0.29) is 13.0 Å². The Labute approximate surface area is 110 Å². The van der Waals surface area contributed by atoms with Crippen molar-refractivity contribution in [1.82, 2.24) is 5.32 Å². The van der Waals surface area contributed by atoms with E-state index in [9.17, 15) is 18.7 Å². The molecule has 0 unspecified atom stereocenters. The van der Waals surface area contributed by atoms with Gasteiger partial charge in [-0.15, -0.1) is 0 Å². The first kappa shape index (κ1) is 13.9. The summed E-state index contributed by atoms with van der Waals surface area (Å²) in [6.07, 6.45) is 2.91. The van der Waals surface area contributed by atoms with Gasteiger partial charge in [-0.25, -0.2) is 8.78 Å². The Hall–Kier alpha value is -1.49. The van der Waals surface area contributed by atoms with Gasteiger partial charge in [-0.3, -0.25) is 4.79 Å². The number of hydrogen-bond donors (Lipinski definition) is 2. The molecule has 0 bridgehead atoms. The molecule has 2 N–H and O–H groups in total. The van der Waals surface area contributed by atoms with Crippen LogP contribution in [0.25, 0.3) is 0 Å². The van der Waals surface area contributed by atoms with Crippen molar-refractivity contribution in [2.24, 2.45) is 0 Å². The molecule has 0 atom stereocenters. The summed E-state index contributed by atoms with van der Waals surface area (Å²) < 4.78 is 26.1. The lowest BCUT2D eigenvalue weighted by Gasteiger charge is -2.20. The van der Waals surface area contributed by atoms with Crippen molar-refractivity contribution in [2.75, 3.05) is 6.54 Å². The van der Waals surface area contributed by atoms with E-state index < -0.39 is 23.1 Å². The maximum atomic E-state index is 13.3. The van der Waals surface area contributed by atoms with Crippen molar-refractivity contribution in [3.05, 3.63) is 35.4 Å². The third kappa shape index (κ3) is 3.29. The Morgan fingerprint density at radius 1 is 1.32 bits per heavy atom. The largest absolute Gasteiger partial charge is 0.380 e. The van der Waals surface area contributed by atoms with E-state index >= 15 is 0 Å². The molecule has 0 spiro atoms. The molecular formula is C14H17F2NO2. The highest BCUT2D eigenvalue weighted by Gasteiger charge is 2.38. The molecule has 1 aliphatic carbocycles. The van der Waals surface area contributed by atoms with Crippen LogP contribution in [0, 0.1) is 11.6 Å². The fraction of sp³-hybridized carbons (Fsp3) is 0.500. The van der Waals surface area contributed by atoms with Crippen LogP contribution < -0.4 is 5.32 Å². The Morgan fingerprint density at radius 2 is 2.00 bits per heavy atom. The molecule has 0 heterocycles. The Kier molecular flexibility index (Phi) is 4.14. The summed E-state index contributed by atoms with van der Waals surface area (Å²) in [5.74, 6) is -1.63. The minimum Gasteiger partial charge on any atom is -0.380 e. The van der Waals surface area contributed by atoms with Gasteiger partial charge >= 0.3 is 0 Å². The molecule has 2 rings (SSSR count). The predicted octanol–water partition coefficient (Wildman–Crippen LogP) is 1.93. The van der Waals surface area contributed by atoms with Gasteiger partial charge in [-0.05, 0) is 43.7 Å². The molecule has 1 saturated carbocycles. The summed E-state index contributed by atoms with van der Waals surface area (Å²) in [6, 6.07) is 3.37. The highest BCUT2D eigenvalue weighted by molar-refractivity contribution is 5.85.